The van der Waals surface area contributed by atoms with E-state index in [9.17, 15) is 9.90 Å². The first-order valence-corrected chi connectivity index (χ1v) is 7.85. The molecule has 0 fully saturated rings. The van der Waals surface area contributed by atoms with Crippen molar-refractivity contribution in [1.29, 1.82) is 0 Å². The van der Waals surface area contributed by atoms with Gasteiger partial charge in [-0.3, -0.25) is 4.89 Å². The minimum Gasteiger partial charge on any atom is -0.393 e. The molecule has 0 amide bonds. The van der Waals surface area contributed by atoms with Gasteiger partial charge in [-0.05, 0) is 57.6 Å². The van der Waals surface area contributed by atoms with E-state index in [4.69, 9.17) is 9.78 Å². The maximum absolute atomic E-state index is 11.9. The molecule has 3 unspecified atom stereocenters. The minimum absolute atomic E-state index is 0.185. The first-order valence-electron chi connectivity index (χ1n) is 7.85. The minimum atomic E-state index is -0.586. The van der Waals surface area contributed by atoms with Crippen LogP contribution in [0.3, 0.4) is 0 Å². The van der Waals surface area contributed by atoms with Gasteiger partial charge in [-0.1, -0.05) is 32.0 Å². The molecular formula is C18H28O4. The predicted molar refractivity (Wildman–Crippen MR) is 86.3 cm³/mol. The van der Waals surface area contributed by atoms with Crippen LogP contribution in [-0.4, -0.2) is 22.8 Å². The maximum Gasteiger partial charge on any atom is 0.373 e. The van der Waals surface area contributed by atoms with E-state index in [0.29, 0.717) is 11.5 Å². The van der Waals surface area contributed by atoms with Gasteiger partial charge in [0.1, 0.15) is 5.60 Å². The van der Waals surface area contributed by atoms with Gasteiger partial charge < -0.3 is 5.11 Å². The Labute approximate surface area is 133 Å². The van der Waals surface area contributed by atoms with Crippen molar-refractivity contribution in [2.24, 2.45) is 11.8 Å². The van der Waals surface area contributed by atoms with Gasteiger partial charge in [0.15, 0.2) is 0 Å². The first kappa shape index (κ1) is 18.7. The van der Waals surface area contributed by atoms with Crippen LogP contribution < -0.4 is 0 Å². The van der Waals surface area contributed by atoms with Gasteiger partial charge in [-0.2, -0.15) is 4.89 Å². The Kier molecular flexibility index (Phi) is 7.04. The number of aliphatic hydroxyl groups excluding tert-OH is 1. The molecule has 0 aliphatic carbocycles. The zero-order valence-electron chi connectivity index (χ0n) is 14.2. The maximum atomic E-state index is 11.9. The number of carbonyl (C=O) groups is 1. The number of aliphatic hydroxyl groups is 1. The van der Waals surface area contributed by atoms with E-state index in [1.807, 2.05) is 19.9 Å². The summed E-state index contributed by atoms with van der Waals surface area (Å²) < 4.78 is 0. The average Bonchev–Trinajstić information content (AvgIpc) is 2.44. The summed E-state index contributed by atoms with van der Waals surface area (Å²) >= 11 is 0. The second-order valence-corrected chi connectivity index (χ2v) is 6.75. The fourth-order valence-electron chi connectivity index (χ4n) is 2.42. The number of hydrogen-bond donors (Lipinski definition) is 1. The van der Waals surface area contributed by atoms with Crippen LogP contribution in [0.4, 0.5) is 0 Å². The summed E-state index contributed by atoms with van der Waals surface area (Å²) in [5.74, 6) is 0.0745. The Balaban J connectivity index is 2.50. The molecule has 0 saturated carbocycles. The van der Waals surface area contributed by atoms with Crippen molar-refractivity contribution in [2.45, 2.75) is 59.2 Å². The van der Waals surface area contributed by atoms with Gasteiger partial charge in [0.2, 0.25) is 0 Å². The topological polar surface area (TPSA) is 55.8 Å². The fourth-order valence-corrected chi connectivity index (χ4v) is 2.42. The lowest BCUT2D eigenvalue weighted by Crippen LogP contribution is -2.35. The average molecular weight is 308 g/mol. The smallest absolute Gasteiger partial charge is 0.373 e. The molecule has 1 aromatic rings. The van der Waals surface area contributed by atoms with Crippen LogP contribution in [0.25, 0.3) is 0 Å². The zero-order chi connectivity index (χ0) is 16.8. The molecule has 0 bridgehead atoms. The summed E-state index contributed by atoms with van der Waals surface area (Å²) in [5, 5.41) is 9.44. The summed E-state index contributed by atoms with van der Waals surface area (Å²) in [6.07, 6.45) is 1.34. The highest BCUT2D eigenvalue weighted by atomic mass is 17.2. The second-order valence-electron chi connectivity index (χ2n) is 6.75. The number of rotatable bonds is 8. The Bertz CT molecular complexity index is 453. The molecule has 4 heteroatoms. The molecule has 1 aromatic carbocycles. The Morgan fingerprint density at radius 2 is 1.73 bits per heavy atom. The number of hydrogen-bond acceptors (Lipinski definition) is 4. The van der Waals surface area contributed by atoms with Crippen LogP contribution >= 0.6 is 0 Å². The van der Waals surface area contributed by atoms with Crippen molar-refractivity contribution in [2.75, 3.05) is 0 Å². The highest BCUT2D eigenvalue weighted by Crippen LogP contribution is 2.29. The summed E-state index contributed by atoms with van der Waals surface area (Å²) in [6.45, 7) is 9.78. The molecule has 0 radical (unpaired) electrons. The summed E-state index contributed by atoms with van der Waals surface area (Å²) in [6, 6.07) is 8.77. The van der Waals surface area contributed by atoms with E-state index in [1.54, 1.807) is 31.2 Å². The summed E-state index contributed by atoms with van der Waals surface area (Å²) in [4.78, 5) is 22.3. The lowest BCUT2D eigenvalue weighted by Gasteiger charge is -2.31. The standard InChI is InChI=1S/C18H28O4/c1-13(12-15(3)19)11-14(2)18(4,5)22-21-17(20)16-9-7-6-8-10-16/h6-10,13-15,19H,11-12H2,1-5H3. The van der Waals surface area contributed by atoms with Gasteiger partial charge in [0.05, 0.1) is 11.7 Å². The molecule has 0 saturated heterocycles. The third kappa shape index (κ3) is 6.16. The van der Waals surface area contributed by atoms with E-state index < -0.39 is 11.6 Å². The van der Waals surface area contributed by atoms with Crippen molar-refractivity contribution >= 4 is 5.97 Å². The third-order valence-electron chi connectivity index (χ3n) is 4.03. The molecule has 124 valence electrons. The van der Waals surface area contributed by atoms with Crippen LogP contribution in [-0.2, 0) is 9.78 Å². The molecule has 0 heterocycles. The Morgan fingerprint density at radius 3 is 2.27 bits per heavy atom. The molecule has 0 spiro atoms. The summed E-state index contributed by atoms with van der Waals surface area (Å²) in [7, 11) is 0. The van der Waals surface area contributed by atoms with E-state index in [2.05, 4.69) is 13.8 Å². The van der Waals surface area contributed by atoms with Crippen molar-refractivity contribution in [3.05, 3.63) is 35.9 Å². The molecular weight excluding hydrogens is 280 g/mol. The van der Waals surface area contributed by atoms with Crippen molar-refractivity contribution < 1.29 is 19.7 Å². The normalized spacial score (nSPS) is 15.9. The van der Waals surface area contributed by atoms with Crippen LogP contribution in [0.1, 0.15) is 57.8 Å². The molecule has 22 heavy (non-hydrogen) atoms. The van der Waals surface area contributed by atoms with Gasteiger partial charge in [0, 0.05) is 0 Å². The van der Waals surface area contributed by atoms with Gasteiger partial charge in [-0.25, -0.2) is 4.79 Å². The zero-order valence-corrected chi connectivity index (χ0v) is 14.2. The SMILES string of the molecule is CC(O)CC(C)CC(C)C(C)(C)OOC(=O)c1ccccc1. The monoisotopic (exact) mass is 308 g/mol. The van der Waals surface area contributed by atoms with Crippen LogP contribution in [0.5, 0.6) is 0 Å². The molecule has 1 rings (SSSR count). The van der Waals surface area contributed by atoms with E-state index in [1.165, 1.54) is 0 Å². The Hall–Kier alpha value is -1.39. The summed E-state index contributed by atoms with van der Waals surface area (Å²) in [5.41, 5.74) is -0.120. The van der Waals surface area contributed by atoms with Crippen LogP contribution in [0.15, 0.2) is 30.3 Å². The van der Waals surface area contributed by atoms with Crippen molar-refractivity contribution in [1.82, 2.24) is 0 Å². The number of carbonyl (C=O) groups excluding carboxylic acids is 1. The fraction of sp³-hybridized carbons (Fsp3) is 0.611. The quantitative estimate of drug-likeness (QED) is 0.583. The van der Waals surface area contributed by atoms with Gasteiger partial charge in [-0.15, -0.1) is 0 Å². The molecule has 3 atom stereocenters. The highest BCUT2D eigenvalue weighted by Gasteiger charge is 2.31. The van der Waals surface area contributed by atoms with Gasteiger partial charge >= 0.3 is 5.97 Å². The van der Waals surface area contributed by atoms with E-state index >= 15 is 0 Å². The van der Waals surface area contributed by atoms with E-state index in [-0.39, 0.29) is 12.0 Å². The molecule has 1 N–H and O–H groups in total. The molecule has 0 aromatic heterocycles. The lowest BCUT2D eigenvalue weighted by molar-refractivity contribution is -0.320. The van der Waals surface area contributed by atoms with E-state index in [0.717, 1.165) is 12.8 Å². The molecule has 4 nitrogen and oxygen atoms in total. The second kappa shape index (κ2) is 8.30. The molecule has 0 aliphatic rings. The van der Waals surface area contributed by atoms with Crippen LogP contribution in [0.2, 0.25) is 0 Å². The van der Waals surface area contributed by atoms with Crippen molar-refractivity contribution in [3.63, 3.8) is 0 Å². The number of benzene rings is 1. The largest absolute Gasteiger partial charge is 0.393 e. The first-order chi connectivity index (χ1) is 10.2. The Morgan fingerprint density at radius 1 is 1.14 bits per heavy atom. The highest BCUT2D eigenvalue weighted by molar-refractivity contribution is 5.88. The molecule has 0 aliphatic heterocycles. The van der Waals surface area contributed by atoms with Crippen LogP contribution in [0, 0.1) is 11.8 Å². The third-order valence-corrected chi connectivity index (χ3v) is 4.03. The lowest BCUT2D eigenvalue weighted by atomic mass is 9.83. The van der Waals surface area contributed by atoms with Gasteiger partial charge in [0.25, 0.3) is 0 Å². The predicted octanol–water partition coefficient (Wildman–Crippen LogP) is 3.99. The van der Waals surface area contributed by atoms with Crippen molar-refractivity contribution in [3.8, 4) is 0 Å².